The van der Waals surface area contributed by atoms with E-state index < -0.39 is 23.1 Å². The molecule has 94 valence electrons. The van der Waals surface area contributed by atoms with Gasteiger partial charge in [0.2, 0.25) is 0 Å². The van der Waals surface area contributed by atoms with E-state index >= 15 is 0 Å². The summed E-state index contributed by atoms with van der Waals surface area (Å²) in [4.78, 5) is 7.52. The lowest BCUT2D eigenvalue weighted by Gasteiger charge is -2.12. The molecule has 0 aliphatic heterocycles. The summed E-state index contributed by atoms with van der Waals surface area (Å²) >= 11 is 0. The first-order valence-corrected chi connectivity index (χ1v) is 5.05. The minimum atomic E-state index is -4.65. The number of halogens is 4. The van der Waals surface area contributed by atoms with Crippen LogP contribution < -0.4 is 0 Å². The molecule has 0 aliphatic carbocycles. The van der Waals surface area contributed by atoms with Crippen molar-refractivity contribution >= 4 is 0 Å². The van der Waals surface area contributed by atoms with Crippen molar-refractivity contribution in [3.05, 3.63) is 47.5 Å². The van der Waals surface area contributed by atoms with Crippen LogP contribution in [0.4, 0.5) is 17.6 Å². The van der Waals surface area contributed by atoms with E-state index in [0.29, 0.717) is 5.69 Å². The van der Waals surface area contributed by atoms with Gasteiger partial charge in [-0.15, -0.1) is 0 Å². The van der Waals surface area contributed by atoms with E-state index in [1.54, 1.807) is 6.92 Å². The lowest BCUT2D eigenvalue weighted by Crippen LogP contribution is -2.09. The molecule has 1 aromatic carbocycles. The number of aryl methyl sites for hydroxylation is 1. The molecule has 0 fully saturated rings. The van der Waals surface area contributed by atoms with E-state index in [-0.39, 0.29) is 5.82 Å². The average Bonchev–Trinajstić information content (AvgIpc) is 2.27. The summed E-state index contributed by atoms with van der Waals surface area (Å²) in [6, 6.07) is 4.30. The molecular weight excluding hydrogens is 248 g/mol. The maximum atomic E-state index is 13.6. The van der Waals surface area contributed by atoms with Crippen molar-refractivity contribution in [3.8, 4) is 11.4 Å². The van der Waals surface area contributed by atoms with Crippen LogP contribution in [-0.4, -0.2) is 9.97 Å². The van der Waals surface area contributed by atoms with Crippen molar-refractivity contribution in [1.82, 2.24) is 9.97 Å². The van der Waals surface area contributed by atoms with Crippen molar-refractivity contribution < 1.29 is 17.6 Å². The molecule has 2 rings (SSSR count). The molecule has 1 aromatic heterocycles. The predicted octanol–water partition coefficient (Wildman–Crippen LogP) is 3.61. The maximum absolute atomic E-state index is 13.6. The highest BCUT2D eigenvalue weighted by Gasteiger charge is 2.35. The number of rotatable bonds is 1. The second kappa shape index (κ2) is 4.36. The van der Waals surface area contributed by atoms with Crippen molar-refractivity contribution in [2.24, 2.45) is 0 Å². The molecule has 0 aliphatic rings. The second-order valence-corrected chi connectivity index (χ2v) is 3.68. The first-order chi connectivity index (χ1) is 8.39. The van der Waals surface area contributed by atoms with Crippen molar-refractivity contribution in [3.63, 3.8) is 0 Å². The molecule has 6 heteroatoms. The Balaban J connectivity index is 2.70. The SMILES string of the molecule is Cc1ccnc(-c2c(F)cccc2C(F)(F)F)n1. The summed E-state index contributed by atoms with van der Waals surface area (Å²) in [6.07, 6.45) is -3.35. The van der Waals surface area contributed by atoms with Gasteiger partial charge in [0.25, 0.3) is 0 Å². The van der Waals surface area contributed by atoms with Crippen LogP contribution in [0.3, 0.4) is 0 Å². The highest BCUT2D eigenvalue weighted by atomic mass is 19.4. The van der Waals surface area contributed by atoms with Crippen LogP contribution in [0.1, 0.15) is 11.3 Å². The molecular formula is C12H8F4N2. The molecule has 0 saturated carbocycles. The van der Waals surface area contributed by atoms with Crippen molar-refractivity contribution in [1.29, 1.82) is 0 Å². The number of nitrogens with zero attached hydrogens (tertiary/aromatic N) is 2. The van der Waals surface area contributed by atoms with E-state index in [2.05, 4.69) is 9.97 Å². The molecule has 0 amide bonds. The minimum absolute atomic E-state index is 0.263. The van der Waals surface area contributed by atoms with E-state index in [0.717, 1.165) is 18.2 Å². The summed E-state index contributed by atoms with van der Waals surface area (Å²) in [6.45, 7) is 1.60. The third-order valence-electron chi connectivity index (χ3n) is 2.34. The van der Waals surface area contributed by atoms with Gasteiger partial charge in [0.1, 0.15) is 5.82 Å². The Morgan fingerprint density at radius 2 is 1.83 bits per heavy atom. The number of hydrogen-bond donors (Lipinski definition) is 0. The molecule has 0 spiro atoms. The topological polar surface area (TPSA) is 25.8 Å². The maximum Gasteiger partial charge on any atom is 0.417 e. The third-order valence-corrected chi connectivity index (χ3v) is 2.34. The molecule has 0 bridgehead atoms. The minimum Gasteiger partial charge on any atom is -0.236 e. The summed E-state index contributed by atoms with van der Waals surface area (Å²) in [5, 5.41) is 0. The number of alkyl halides is 3. The normalized spacial score (nSPS) is 11.6. The van der Waals surface area contributed by atoms with Crippen LogP contribution in [0.25, 0.3) is 11.4 Å². The monoisotopic (exact) mass is 256 g/mol. The Labute approximate surface area is 100 Å². The molecule has 0 saturated heterocycles. The number of hydrogen-bond acceptors (Lipinski definition) is 2. The van der Waals surface area contributed by atoms with E-state index in [1.807, 2.05) is 0 Å². The van der Waals surface area contributed by atoms with Crippen molar-refractivity contribution in [2.45, 2.75) is 13.1 Å². The quantitative estimate of drug-likeness (QED) is 0.728. The van der Waals surface area contributed by atoms with Gasteiger partial charge in [-0.05, 0) is 25.1 Å². The standard InChI is InChI=1S/C12H8F4N2/c1-7-5-6-17-11(18-7)10-8(12(14,15)16)3-2-4-9(10)13/h2-6H,1H3. The van der Waals surface area contributed by atoms with Gasteiger partial charge in [-0.3, -0.25) is 0 Å². The second-order valence-electron chi connectivity index (χ2n) is 3.68. The molecule has 2 nitrogen and oxygen atoms in total. The highest BCUT2D eigenvalue weighted by molar-refractivity contribution is 5.62. The van der Waals surface area contributed by atoms with E-state index in [9.17, 15) is 17.6 Å². The molecule has 0 radical (unpaired) electrons. The van der Waals surface area contributed by atoms with E-state index in [1.165, 1.54) is 12.3 Å². The molecule has 0 N–H and O–H groups in total. The van der Waals surface area contributed by atoms with Crippen LogP contribution in [0.2, 0.25) is 0 Å². The van der Waals surface area contributed by atoms with E-state index in [4.69, 9.17) is 0 Å². The van der Waals surface area contributed by atoms with Gasteiger partial charge in [0, 0.05) is 11.9 Å². The smallest absolute Gasteiger partial charge is 0.236 e. The van der Waals surface area contributed by atoms with Gasteiger partial charge >= 0.3 is 6.18 Å². The number of benzene rings is 1. The molecule has 0 unspecified atom stereocenters. The van der Waals surface area contributed by atoms with Crippen LogP contribution in [0.15, 0.2) is 30.5 Å². The number of aromatic nitrogens is 2. The van der Waals surface area contributed by atoms with Crippen molar-refractivity contribution in [2.75, 3.05) is 0 Å². The van der Waals surface area contributed by atoms with Crippen LogP contribution >= 0.6 is 0 Å². The van der Waals surface area contributed by atoms with Gasteiger partial charge in [-0.2, -0.15) is 13.2 Å². The first kappa shape index (κ1) is 12.5. The van der Waals surface area contributed by atoms with Gasteiger partial charge in [-0.1, -0.05) is 6.07 Å². The fourth-order valence-corrected chi connectivity index (χ4v) is 1.56. The summed E-state index contributed by atoms with van der Waals surface area (Å²) in [5.41, 5.74) is -1.22. The van der Waals surface area contributed by atoms with Crippen LogP contribution in [0, 0.1) is 12.7 Å². The summed E-state index contributed by atoms with van der Waals surface area (Å²) in [5.74, 6) is -1.25. The Morgan fingerprint density at radius 3 is 2.44 bits per heavy atom. The Bertz CT molecular complexity index is 579. The van der Waals surface area contributed by atoms with Gasteiger partial charge in [-0.25, -0.2) is 14.4 Å². The van der Waals surface area contributed by atoms with Gasteiger partial charge < -0.3 is 0 Å². The lowest BCUT2D eigenvalue weighted by molar-refractivity contribution is -0.137. The fourth-order valence-electron chi connectivity index (χ4n) is 1.56. The zero-order chi connectivity index (χ0) is 13.3. The van der Waals surface area contributed by atoms with Gasteiger partial charge in [0.15, 0.2) is 5.82 Å². The molecule has 18 heavy (non-hydrogen) atoms. The summed E-state index contributed by atoms with van der Waals surface area (Å²) < 4.78 is 52.0. The average molecular weight is 256 g/mol. The fraction of sp³-hybridized carbons (Fsp3) is 0.167. The molecule has 2 aromatic rings. The largest absolute Gasteiger partial charge is 0.417 e. The van der Waals surface area contributed by atoms with Gasteiger partial charge in [0.05, 0.1) is 11.1 Å². The predicted molar refractivity (Wildman–Crippen MR) is 57.2 cm³/mol. The third kappa shape index (κ3) is 2.32. The molecule has 0 atom stereocenters. The molecule has 1 heterocycles. The Kier molecular flexibility index (Phi) is 3.02. The van der Waals surface area contributed by atoms with Crippen LogP contribution in [-0.2, 0) is 6.18 Å². The highest BCUT2D eigenvalue weighted by Crippen LogP contribution is 2.37. The first-order valence-electron chi connectivity index (χ1n) is 5.05. The summed E-state index contributed by atoms with van der Waals surface area (Å²) in [7, 11) is 0. The Hall–Kier alpha value is -1.98. The van der Waals surface area contributed by atoms with Crippen LogP contribution in [0.5, 0.6) is 0 Å². The lowest BCUT2D eigenvalue weighted by atomic mass is 10.1. The zero-order valence-electron chi connectivity index (χ0n) is 9.29. The zero-order valence-corrected chi connectivity index (χ0v) is 9.29. The Morgan fingerprint density at radius 1 is 1.11 bits per heavy atom.